The van der Waals surface area contributed by atoms with Gasteiger partial charge in [-0.1, -0.05) is 205 Å². The van der Waals surface area contributed by atoms with Gasteiger partial charge in [-0.2, -0.15) is 0 Å². The topological polar surface area (TPSA) is 0 Å². The number of hydrogen-bond donors (Lipinski definition) is 0. The molecular formula is C57H50. The first-order valence-corrected chi connectivity index (χ1v) is 21.0. The minimum absolute atomic E-state index is 0.0681. The highest BCUT2D eigenvalue weighted by Crippen LogP contribution is 2.53. The Morgan fingerprint density at radius 3 is 1.30 bits per heavy atom. The van der Waals surface area contributed by atoms with Crippen molar-refractivity contribution in [3.05, 3.63) is 198 Å². The van der Waals surface area contributed by atoms with E-state index in [0.29, 0.717) is 0 Å². The second-order valence-corrected chi connectivity index (χ2v) is 15.4. The molecule has 0 heteroatoms. The normalized spacial score (nSPS) is 13.5. The van der Waals surface area contributed by atoms with E-state index in [4.69, 9.17) is 0 Å². The largest absolute Gasteiger partial charge is 0.0757 e. The predicted molar refractivity (Wildman–Crippen MR) is 249 cm³/mol. The van der Waals surface area contributed by atoms with E-state index in [1.807, 2.05) is 27.7 Å². The summed E-state index contributed by atoms with van der Waals surface area (Å²) in [6.45, 7) is 12.8. The summed E-state index contributed by atoms with van der Waals surface area (Å²) in [5, 5.41) is 10.4. The Morgan fingerprint density at radius 1 is 0.368 bits per heavy atom. The summed E-state index contributed by atoms with van der Waals surface area (Å²) < 4.78 is 0. The Morgan fingerprint density at radius 2 is 0.772 bits per heavy atom. The van der Waals surface area contributed by atoms with Gasteiger partial charge in [0.05, 0.1) is 0 Å². The first kappa shape index (κ1) is 36.4. The third kappa shape index (κ3) is 5.57. The van der Waals surface area contributed by atoms with Crippen LogP contribution in [0.25, 0.3) is 82.0 Å². The predicted octanol–water partition coefficient (Wildman–Crippen LogP) is 16.4. The fraction of sp³-hybridized carbons (Fsp3) is 0.158. The zero-order valence-corrected chi connectivity index (χ0v) is 34.1. The average molecular weight is 735 g/mol. The number of fused-ring (bicyclic) bond motifs is 8. The molecule has 57 heavy (non-hydrogen) atoms. The average Bonchev–Trinajstić information content (AvgIpc) is 3.51. The molecule has 0 radical (unpaired) electrons. The molecule has 0 unspecified atom stereocenters. The van der Waals surface area contributed by atoms with Gasteiger partial charge in [-0.25, -0.2) is 0 Å². The lowest BCUT2D eigenvalue weighted by molar-refractivity contribution is 0.660. The van der Waals surface area contributed by atoms with Gasteiger partial charge in [0, 0.05) is 5.41 Å². The van der Waals surface area contributed by atoms with Gasteiger partial charge in [0.2, 0.25) is 0 Å². The minimum Gasteiger partial charge on any atom is -0.0757 e. The van der Waals surface area contributed by atoms with Gasteiger partial charge >= 0.3 is 0 Å². The molecule has 0 heterocycles. The lowest BCUT2D eigenvalue weighted by atomic mass is 9.78. The molecule has 2 aliphatic carbocycles. The van der Waals surface area contributed by atoms with E-state index in [2.05, 4.69) is 184 Å². The van der Waals surface area contributed by atoms with Crippen molar-refractivity contribution < 1.29 is 0 Å². The van der Waals surface area contributed by atoms with Gasteiger partial charge < -0.3 is 0 Å². The third-order valence-electron chi connectivity index (χ3n) is 12.3. The van der Waals surface area contributed by atoms with Gasteiger partial charge in [0.15, 0.2) is 0 Å². The van der Waals surface area contributed by atoms with E-state index in [1.54, 1.807) is 0 Å². The van der Waals surface area contributed by atoms with E-state index < -0.39 is 0 Å². The van der Waals surface area contributed by atoms with Gasteiger partial charge in [0.25, 0.3) is 0 Å². The number of allylic oxidation sites excluding steroid dienone is 1. The molecule has 0 saturated heterocycles. The van der Waals surface area contributed by atoms with Crippen LogP contribution < -0.4 is 0 Å². The fourth-order valence-corrected chi connectivity index (χ4v) is 9.98. The molecule has 0 aliphatic heterocycles. The summed E-state index contributed by atoms with van der Waals surface area (Å²) in [6, 6.07) is 61.7. The Labute approximate surface area is 338 Å². The number of rotatable bonds is 3. The fourth-order valence-electron chi connectivity index (χ4n) is 9.98. The lowest BCUT2D eigenvalue weighted by Gasteiger charge is -2.25. The molecule has 9 aromatic carbocycles. The summed E-state index contributed by atoms with van der Waals surface area (Å²) in [6.07, 6.45) is 4.62. The highest BCUT2D eigenvalue weighted by molar-refractivity contribution is 6.29. The molecule has 0 aromatic heterocycles. The molecule has 0 nitrogen and oxygen atoms in total. The zero-order chi connectivity index (χ0) is 39.3. The van der Waals surface area contributed by atoms with Crippen LogP contribution in [-0.2, 0) is 11.8 Å². The quantitative estimate of drug-likeness (QED) is 0.159. The lowest BCUT2D eigenvalue weighted by Crippen LogP contribution is -2.14. The van der Waals surface area contributed by atoms with Crippen molar-refractivity contribution in [3.63, 3.8) is 0 Å². The summed E-state index contributed by atoms with van der Waals surface area (Å²) >= 11 is 0. The van der Waals surface area contributed by atoms with Crippen LogP contribution in [0.1, 0.15) is 75.8 Å². The zero-order valence-electron chi connectivity index (χ0n) is 34.1. The van der Waals surface area contributed by atoms with Crippen LogP contribution in [-0.4, -0.2) is 0 Å². The molecule has 0 fully saturated rings. The van der Waals surface area contributed by atoms with Crippen molar-refractivity contribution in [2.45, 2.75) is 59.8 Å². The highest BCUT2D eigenvalue weighted by atomic mass is 14.4. The number of hydrogen-bond acceptors (Lipinski definition) is 0. The summed E-state index contributed by atoms with van der Waals surface area (Å²) in [4.78, 5) is 0. The van der Waals surface area contributed by atoms with Crippen molar-refractivity contribution in [1.29, 1.82) is 0 Å². The van der Waals surface area contributed by atoms with Crippen LogP contribution in [0.2, 0.25) is 0 Å². The van der Waals surface area contributed by atoms with Crippen molar-refractivity contribution in [2.24, 2.45) is 0 Å². The van der Waals surface area contributed by atoms with Crippen molar-refractivity contribution in [2.75, 3.05) is 0 Å². The molecule has 0 N–H and O–H groups in total. The first-order chi connectivity index (χ1) is 28.1. The number of benzene rings is 9. The highest BCUT2D eigenvalue weighted by Gasteiger charge is 2.35. The van der Waals surface area contributed by atoms with E-state index in [0.717, 1.165) is 12.8 Å². The molecule has 278 valence electrons. The maximum atomic E-state index is 2.48. The monoisotopic (exact) mass is 734 g/mol. The second-order valence-electron chi connectivity index (χ2n) is 15.4. The minimum atomic E-state index is -0.0681. The molecule has 0 saturated carbocycles. The molecule has 0 spiro atoms. The van der Waals surface area contributed by atoms with Crippen LogP contribution in [0.3, 0.4) is 0 Å². The van der Waals surface area contributed by atoms with E-state index >= 15 is 0 Å². The molecule has 9 aromatic rings. The van der Waals surface area contributed by atoms with Gasteiger partial charge in [0.1, 0.15) is 0 Å². The maximum Gasteiger partial charge on any atom is 0.0159 e. The van der Waals surface area contributed by atoms with Crippen LogP contribution in [0.15, 0.2) is 170 Å². The molecule has 0 atom stereocenters. The first-order valence-electron chi connectivity index (χ1n) is 21.0. The van der Waals surface area contributed by atoms with Gasteiger partial charge in [-0.15, -0.1) is 0 Å². The third-order valence-corrected chi connectivity index (χ3v) is 12.3. The molecule has 0 bridgehead atoms. The summed E-state index contributed by atoms with van der Waals surface area (Å²) in [5.41, 5.74) is 16.2. The van der Waals surface area contributed by atoms with Crippen LogP contribution >= 0.6 is 0 Å². The van der Waals surface area contributed by atoms with Crippen molar-refractivity contribution in [1.82, 2.24) is 0 Å². The summed E-state index contributed by atoms with van der Waals surface area (Å²) in [7, 11) is 0. The molecule has 0 amide bonds. The Hall–Kier alpha value is -6.24. The Balaban J connectivity index is 0.00000103. The van der Waals surface area contributed by atoms with Crippen LogP contribution in [0, 0.1) is 0 Å². The van der Waals surface area contributed by atoms with E-state index in [9.17, 15) is 0 Å². The Kier molecular flexibility index (Phi) is 9.38. The standard InChI is InChI=1S/C53H38.2C2H6/c1-53(2)47-29-14-13-19-36(47)37-31-30-34(32-48(37)53)49-39-20-5-9-24-43(39)51(44-25-10-6-21-40(44)49)52-45-26-11-7-22-41(45)50(42-23-8-12-27-46(42)52)38-28-15-17-33-16-3-4-18-35(33)38;2*1-2/h3-14,16,18-32H,15,17H2,1-2H3;2*1-2H3. The van der Waals surface area contributed by atoms with Crippen LogP contribution in [0.5, 0.6) is 0 Å². The SMILES string of the molecule is CC.CC.CC1(C)c2ccccc2-c2ccc(-c3c4ccccc4c(-c4c5ccccc5c(C5=CCCc6ccccc65)c5ccccc45)c4ccccc34)cc21. The van der Waals surface area contributed by atoms with Crippen LogP contribution in [0.4, 0.5) is 0 Å². The smallest absolute Gasteiger partial charge is 0.0159 e. The van der Waals surface area contributed by atoms with Crippen molar-refractivity contribution >= 4 is 48.7 Å². The molecular weight excluding hydrogens is 685 g/mol. The van der Waals surface area contributed by atoms with E-state index in [1.165, 1.54) is 110 Å². The molecule has 2 aliphatic rings. The van der Waals surface area contributed by atoms with Gasteiger partial charge in [-0.05, 0) is 129 Å². The molecule has 11 rings (SSSR count). The Bertz CT molecular complexity index is 2910. The van der Waals surface area contributed by atoms with Crippen molar-refractivity contribution in [3.8, 4) is 33.4 Å². The second kappa shape index (κ2) is 14.7. The number of aryl methyl sites for hydroxylation is 1. The van der Waals surface area contributed by atoms with Gasteiger partial charge in [-0.3, -0.25) is 0 Å². The maximum absolute atomic E-state index is 2.48. The summed E-state index contributed by atoms with van der Waals surface area (Å²) in [5.74, 6) is 0. The van der Waals surface area contributed by atoms with E-state index in [-0.39, 0.29) is 5.41 Å².